The van der Waals surface area contributed by atoms with Gasteiger partial charge in [-0.1, -0.05) is 44.2 Å². The van der Waals surface area contributed by atoms with E-state index in [0.717, 1.165) is 24.5 Å². The molecule has 2 aliphatic rings. The lowest BCUT2D eigenvalue weighted by atomic mass is 10.1. The van der Waals surface area contributed by atoms with Gasteiger partial charge >= 0.3 is 0 Å². The number of carbonyl (C=O) groups excluding carboxylic acids is 2. The van der Waals surface area contributed by atoms with E-state index in [1.54, 1.807) is 4.90 Å². The quantitative estimate of drug-likeness (QED) is 0.764. The Kier molecular flexibility index (Phi) is 6.36. The molecular weight excluding hydrogens is 394 g/mol. The number of aromatic nitrogens is 3. The maximum atomic E-state index is 12.7. The van der Waals surface area contributed by atoms with Crippen molar-refractivity contribution < 1.29 is 14.7 Å². The van der Waals surface area contributed by atoms with Gasteiger partial charge in [0.1, 0.15) is 0 Å². The molecule has 2 aromatic rings. The van der Waals surface area contributed by atoms with Crippen LogP contribution in [0.3, 0.4) is 0 Å². The molecule has 31 heavy (non-hydrogen) atoms. The monoisotopic (exact) mass is 425 g/mol. The first-order valence-electron chi connectivity index (χ1n) is 11.2. The van der Waals surface area contributed by atoms with E-state index in [-0.39, 0.29) is 23.8 Å². The number of β-amino-alcohol motifs (C(OH)–C–C–N with tert-alkyl or cyclic N) is 1. The van der Waals surface area contributed by atoms with Crippen molar-refractivity contribution in [2.24, 2.45) is 5.92 Å². The number of fused-ring (bicyclic) bond motifs is 1. The number of amides is 2. The van der Waals surface area contributed by atoms with Crippen LogP contribution in [-0.2, 0) is 29.1 Å². The lowest BCUT2D eigenvalue weighted by molar-refractivity contribution is -0.135. The van der Waals surface area contributed by atoms with E-state index < -0.39 is 6.10 Å². The molecule has 1 N–H and O–H groups in total. The third-order valence-corrected chi connectivity index (χ3v) is 6.19. The van der Waals surface area contributed by atoms with Crippen molar-refractivity contribution in [1.29, 1.82) is 0 Å². The minimum atomic E-state index is -0.549. The number of aliphatic hydroxyl groups excluding tert-OH is 1. The van der Waals surface area contributed by atoms with Crippen LogP contribution in [0.2, 0.25) is 0 Å². The van der Waals surface area contributed by atoms with Crippen molar-refractivity contribution in [3.63, 3.8) is 0 Å². The van der Waals surface area contributed by atoms with Gasteiger partial charge in [0, 0.05) is 38.4 Å². The zero-order valence-electron chi connectivity index (χ0n) is 18.3. The summed E-state index contributed by atoms with van der Waals surface area (Å²) in [5, 5.41) is 18.9. The van der Waals surface area contributed by atoms with Crippen LogP contribution in [0.25, 0.3) is 0 Å². The highest BCUT2D eigenvalue weighted by Gasteiger charge is 2.40. The van der Waals surface area contributed by atoms with Gasteiger partial charge in [-0.2, -0.15) is 0 Å². The van der Waals surface area contributed by atoms with Crippen molar-refractivity contribution in [2.75, 3.05) is 13.1 Å². The summed E-state index contributed by atoms with van der Waals surface area (Å²) in [6.45, 7) is 5.71. The van der Waals surface area contributed by atoms with Gasteiger partial charge in [0.05, 0.1) is 18.7 Å². The number of hydrogen-bond acceptors (Lipinski definition) is 5. The maximum Gasteiger partial charge on any atom is 0.225 e. The Balaban J connectivity index is 1.39. The average Bonchev–Trinajstić information content (AvgIpc) is 3.36. The number of aliphatic hydroxyl groups is 1. The van der Waals surface area contributed by atoms with Crippen LogP contribution in [0.1, 0.15) is 56.4 Å². The second-order valence-electron chi connectivity index (χ2n) is 8.83. The lowest BCUT2D eigenvalue weighted by Crippen LogP contribution is -2.40. The van der Waals surface area contributed by atoms with Gasteiger partial charge in [-0.25, -0.2) is 0 Å². The predicted molar refractivity (Wildman–Crippen MR) is 115 cm³/mol. The standard InChI is InChI=1S/C23H31N5O3/c1-16(2)23(31)28-14-18(29)13-19(28)22-25-24-20-15-26(11-12-27(20)22)21(30)10-6-9-17-7-4-3-5-8-17/h3-5,7-8,16,18-19,29H,6,9-15H2,1-2H3/t18-,19+/m1/s1. The summed E-state index contributed by atoms with van der Waals surface area (Å²) in [4.78, 5) is 28.9. The van der Waals surface area contributed by atoms with Gasteiger partial charge in [-0.3, -0.25) is 9.59 Å². The highest BCUT2D eigenvalue weighted by Crippen LogP contribution is 2.33. The second kappa shape index (κ2) is 9.18. The van der Waals surface area contributed by atoms with E-state index in [9.17, 15) is 14.7 Å². The zero-order chi connectivity index (χ0) is 22.0. The molecule has 2 amide bonds. The molecule has 3 heterocycles. The number of aryl methyl sites for hydroxylation is 1. The fourth-order valence-corrected chi connectivity index (χ4v) is 4.52. The van der Waals surface area contributed by atoms with Gasteiger partial charge in [0.15, 0.2) is 11.6 Å². The van der Waals surface area contributed by atoms with E-state index in [1.807, 2.05) is 41.5 Å². The number of hydrogen-bond donors (Lipinski definition) is 1. The van der Waals surface area contributed by atoms with Crippen LogP contribution in [-0.4, -0.2) is 60.7 Å². The number of carbonyl (C=O) groups is 2. The smallest absolute Gasteiger partial charge is 0.225 e. The summed E-state index contributed by atoms with van der Waals surface area (Å²) in [7, 11) is 0. The highest BCUT2D eigenvalue weighted by molar-refractivity contribution is 5.79. The molecule has 1 saturated heterocycles. The Hall–Kier alpha value is -2.74. The van der Waals surface area contributed by atoms with Crippen LogP contribution in [0, 0.1) is 5.92 Å². The molecular formula is C23H31N5O3. The summed E-state index contributed by atoms with van der Waals surface area (Å²) in [5.41, 5.74) is 1.25. The molecule has 8 nitrogen and oxygen atoms in total. The number of likely N-dealkylation sites (tertiary alicyclic amines) is 1. The average molecular weight is 426 g/mol. The Labute approximate surface area is 182 Å². The van der Waals surface area contributed by atoms with E-state index in [2.05, 4.69) is 22.3 Å². The third-order valence-electron chi connectivity index (χ3n) is 6.19. The molecule has 8 heteroatoms. The van der Waals surface area contributed by atoms with Gasteiger partial charge in [-0.05, 0) is 18.4 Å². The zero-order valence-corrected chi connectivity index (χ0v) is 18.3. The van der Waals surface area contributed by atoms with E-state index in [0.29, 0.717) is 39.0 Å². The van der Waals surface area contributed by atoms with E-state index in [4.69, 9.17) is 0 Å². The fourth-order valence-electron chi connectivity index (χ4n) is 4.52. The Morgan fingerprint density at radius 2 is 1.94 bits per heavy atom. The summed E-state index contributed by atoms with van der Waals surface area (Å²) in [6.07, 6.45) is 2.15. The SMILES string of the molecule is CC(C)C(=O)N1C[C@H](O)C[C@H]1c1nnc2n1CCN(C(=O)CCCc1ccccc1)C2. The van der Waals surface area contributed by atoms with Crippen molar-refractivity contribution in [3.8, 4) is 0 Å². The third kappa shape index (κ3) is 4.63. The first kappa shape index (κ1) is 21.5. The second-order valence-corrected chi connectivity index (χ2v) is 8.83. The molecule has 0 spiro atoms. The summed E-state index contributed by atoms with van der Waals surface area (Å²) >= 11 is 0. The lowest BCUT2D eigenvalue weighted by Gasteiger charge is -2.30. The Bertz CT molecular complexity index is 927. The molecule has 0 radical (unpaired) electrons. The highest BCUT2D eigenvalue weighted by atomic mass is 16.3. The van der Waals surface area contributed by atoms with E-state index >= 15 is 0 Å². The van der Waals surface area contributed by atoms with Crippen molar-refractivity contribution in [3.05, 3.63) is 47.5 Å². The fraction of sp³-hybridized carbons (Fsp3) is 0.565. The molecule has 1 fully saturated rings. The largest absolute Gasteiger partial charge is 0.391 e. The van der Waals surface area contributed by atoms with Crippen LogP contribution < -0.4 is 0 Å². The molecule has 0 saturated carbocycles. The summed E-state index contributed by atoms with van der Waals surface area (Å²) < 4.78 is 2.02. The van der Waals surface area contributed by atoms with Crippen molar-refractivity contribution >= 4 is 11.8 Å². The minimum Gasteiger partial charge on any atom is -0.391 e. The first-order valence-corrected chi connectivity index (χ1v) is 11.2. The number of benzene rings is 1. The van der Waals surface area contributed by atoms with Gasteiger partial charge in [-0.15, -0.1) is 10.2 Å². The molecule has 1 aromatic carbocycles. The molecule has 0 aliphatic carbocycles. The maximum absolute atomic E-state index is 12.7. The van der Waals surface area contributed by atoms with Crippen molar-refractivity contribution in [1.82, 2.24) is 24.6 Å². The predicted octanol–water partition coefficient (Wildman–Crippen LogP) is 1.93. The molecule has 0 unspecified atom stereocenters. The summed E-state index contributed by atoms with van der Waals surface area (Å²) in [5.74, 6) is 1.48. The van der Waals surface area contributed by atoms with E-state index in [1.165, 1.54) is 5.56 Å². The molecule has 4 rings (SSSR count). The van der Waals surface area contributed by atoms with Gasteiger partial charge < -0.3 is 19.5 Å². The number of rotatable bonds is 6. The van der Waals surface area contributed by atoms with Crippen LogP contribution >= 0.6 is 0 Å². The molecule has 1 aromatic heterocycles. The minimum absolute atomic E-state index is 0.0185. The normalized spacial score (nSPS) is 20.9. The van der Waals surface area contributed by atoms with Gasteiger partial charge in [0.25, 0.3) is 0 Å². The number of nitrogens with zero attached hydrogens (tertiary/aromatic N) is 5. The topological polar surface area (TPSA) is 91.6 Å². The van der Waals surface area contributed by atoms with Crippen LogP contribution in [0.5, 0.6) is 0 Å². The Morgan fingerprint density at radius 3 is 2.68 bits per heavy atom. The molecule has 2 aliphatic heterocycles. The van der Waals surface area contributed by atoms with Crippen LogP contribution in [0.4, 0.5) is 0 Å². The summed E-state index contributed by atoms with van der Waals surface area (Å²) in [6, 6.07) is 9.94. The van der Waals surface area contributed by atoms with Crippen LogP contribution in [0.15, 0.2) is 30.3 Å². The van der Waals surface area contributed by atoms with Gasteiger partial charge in [0.2, 0.25) is 11.8 Å². The van der Waals surface area contributed by atoms with Crippen molar-refractivity contribution in [2.45, 2.75) is 64.8 Å². The molecule has 166 valence electrons. The molecule has 2 atom stereocenters. The Morgan fingerprint density at radius 1 is 1.16 bits per heavy atom. The molecule has 0 bridgehead atoms. The first-order chi connectivity index (χ1) is 14.9.